The Labute approximate surface area is 119 Å². The average Bonchev–Trinajstić information content (AvgIpc) is 2.34. The van der Waals surface area contributed by atoms with Gasteiger partial charge in [0.2, 0.25) is 0 Å². The third-order valence-electron chi connectivity index (χ3n) is 4.43. The number of halogens is 1. The van der Waals surface area contributed by atoms with Crippen LogP contribution in [0.3, 0.4) is 0 Å². The zero-order valence-corrected chi connectivity index (χ0v) is 13.2. The smallest absolute Gasteiger partial charge is 0.0294 e. The Bertz CT molecular complexity index is 390. The van der Waals surface area contributed by atoms with Gasteiger partial charge in [-0.1, -0.05) is 41.9 Å². The lowest BCUT2D eigenvalue weighted by atomic mass is 9.79. The molecule has 3 unspecified atom stereocenters. The molecule has 1 aliphatic rings. The van der Waals surface area contributed by atoms with E-state index in [1.807, 2.05) is 0 Å². The minimum absolute atomic E-state index is 0.438. The Morgan fingerprint density at radius 1 is 1.22 bits per heavy atom. The molecule has 4 atom stereocenters. The van der Waals surface area contributed by atoms with Gasteiger partial charge in [-0.05, 0) is 55.7 Å². The minimum Gasteiger partial charge on any atom is -0.307 e. The third-order valence-corrected chi connectivity index (χ3v) is 4.93. The second-order valence-corrected chi connectivity index (χ2v) is 6.82. The van der Waals surface area contributed by atoms with Crippen LogP contribution in [0.15, 0.2) is 28.7 Å². The number of hydrogen-bond acceptors (Lipinski definition) is 1. The summed E-state index contributed by atoms with van der Waals surface area (Å²) < 4.78 is 1.17. The van der Waals surface area contributed by atoms with E-state index >= 15 is 0 Å². The average molecular weight is 310 g/mol. The quantitative estimate of drug-likeness (QED) is 0.835. The van der Waals surface area contributed by atoms with E-state index in [1.54, 1.807) is 0 Å². The maximum Gasteiger partial charge on any atom is 0.0294 e. The highest BCUT2D eigenvalue weighted by molar-refractivity contribution is 9.10. The Balaban J connectivity index is 1.93. The van der Waals surface area contributed by atoms with Gasteiger partial charge in [0.15, 0.2) is 0 Å². The minimum atomic E-state index is 0.438. The molecule has 0 amide bonds. The van der Waals surface area contributed by atoms with E-state index in [2.05, 4.69) is 66.3 Å². The normalized spacial score (nSPS) is 30.1. The highest BCUT2D eigenvalue weighted by atomic mass is 79.9. The molecule has 0 saturated heterocycles. The molecule has 2 rings (SSSR count). The predicted molar refractivity (Wildman–Crippen MR) is 81.7 cm³/mol. The molecule has 0 bridgehead atoms. The van der Waals surface area contributed by atoms with E-state index in [1.165, 1.54) is 29.3 Å². The summed E-state index contributed by atoms with van der Waals surface area (Å²) in [7, 11) is 0. The van der Waals surface area contributed by atoms with Crippen LogP contribution in [-0.2, 0) is 0 Å². The van der Waals surface area contributed by atoms with E-state index in [9.17, 15) is 0 Å². The van der Waals surface area contributed by atoms with E-state index in [-0.39, 0.29) is 0 Å². The van der Waals surface area contributed by atoms with E-state index in [4.69, 9.17) is 0 Å². The van der Waals surface area contributed by atoms with Gasteiger partial charge in [-0.25, -0.2) is 0 Å². The Morgan fingerprint density at radius 2 is 2.00 bits per heavy atom. The number of hydrogen-bond donors (Lipinski definition) is 1. The molecule has 1 aliphatic carbocycles. The Hall–Kier alpha value is -0.340. The highest BCUT2D eigenvalue weighted by Gasteiger charge is 2.25. The standard InChI is InChI=1S/C16H24BrN/c1-11-7-8-16(9-12(11)2)18-13(3)14-5-4-6-15(17)10-14/h4-6,10-13,16,18H,7-9H2,1-3H3/t11?,12?,13-,16?/m1/s1. The van der Waals surface area contributed by atoms with Crippen LogP contribution in [0.5, 0.6) is 0 Å². The van der Waals surface area contributed by atoms with Crippen molar-refractivity contribution in [3.63, 3.8) is 0 Å². The monoisotopic (exact) mass is 309 g/mol. The number of rotatable bonds is 3. The van der Waals surface area contributed by atoms with Crippen molar-refractivity contribution in [1.82, 2.24) is 5.32 Å². The van der Waals surface area contributed by atoms with Crippen LogP contribution >= 0.6 is 15.9 Å². The van der Waals surface area contributed by atoms with Crippen molar-refractivity contribution in [1.29, 1.82) is 0 Å². The molecule has 1 nitrogen and oxygen atoms in total. The molecule has 1 aromatic carbocycles. The maximum atomic E-state index is 3.79. The molecule has 0 heterocycles. The maximum absolute atomic E-state index is 3.79. The van der Waals surface area contributed by atoms with Crippen LogP contribution in [0.1, 0.15) is 51.6 Å². The first-order valence-corrected chi connectivity index (χ1v) is 7.87. The zero-order valence-electron chi connectivity index (χ0n) is 11.6. The molecule has 2 heteroatoms. The van der Waals surface area contributed by atoms with Crippen molar-refractivity contribution in [3.8, 4) is 0 Å². The summed E-state index contributed by atoms with van der Waals surface area (Å²) >= 11 is 3.55. The summed E-state index contributed by atoms with van der Waals surface area (Å²) in [4.78, 5) is 0. The molecule has 0 spiro atoms. The fourth-order valence-corrected chi connectivity index (χ4v) is 3.34. The molecule has 0 aromatic heterocycles. The second kappa shape index (κ2) is 6.21. The van der Waals surface area contributed by atoms with Gasteiger partial charge in [0, 0.05) is 16.6 Å². The predicted octanol–water partition coefficient (Wildman–Crippen LogP) is 4.92. The van der Waals surface area contributed by atoms with Gasteiger partial charge in [-0.3, -0.25) is 0 Å². The molecular formula is C16H24BrN. The largest absolute Gasteiger partial charge is 0.307 e. The molecule has 0 aliphatic heterocycles. The van der Waals surface area contributed by atoms with Crippen molar-refractivity contribution in [2.75, 3.05) is 0 Å². The number of nitrogens with one attached hydrogen (secondary N) is 1. The summed E-state index contributed by atoms with van der Waals surface area (Å²) in [6.45, 7) is 7.05. The highest BCUT2D eigenvalue weighted by Crippen LogP contribution is 2.30. The van der Waals surface area contributed by atoms with E-state index in [0.717, 1.165) is 11.8 Å². The lowest BCUT2D eigenvalue weighted by Gasteiger charge is -2.34. The summed E-state index contributed by atoms with van der Waals surface area (Å²) in [5, 5.41) is 3.79. The lowest BCUT2D eigenvalue weighted by Crippen LogP contribution is -2.37. The molecule has 0 radical (unpaired) electrons. The van der Waals surface area contributed by atoms with Crippen LogP contribution in [0.25, 0.3) is 0 Å². The topological polar surface area (TPSA) is 12.0 Å². The van der Waals surface area contributed by atoms with Gasteiger partial charge >= 0.3 is 0 Å². The Kier molecular flexibility index (Phi) is 4.85. The van der Waals surface area contributed by atoms with Crippen molar-refractivity contribution in [3.05, 3.63) is 34.3 Å². The van der Waals surface area contributed by atoms with Crippen LogP contribution in [0.4, 0.5) is 0 Å². The number of benzene rings is 1. The summed E-state index contributed by atoms with van der Waals surface area (Å²) in [6.07, 6.45) is 4.01. The van der Waals surface area contributed by atoms with E-state index in [0.29, 0.717) is 12.1 Å². The molecule has 1 aromatic rings. The third kappa shape index (κ3) is 3.58. The fourth-order valence-electron chi connectivity index (χ4n) is 2.92. The Morgan fingerprint density at radius 3 is 2.67 bits per heavy atom. The lowest BCUT2D eigenvalue weighted by molar-refractivity contribution is 0.217. The van der Waals surface area contributed by atoms with Crippen molar-refractivity contribution in [2.45, 2.75) is 52.1 Å². The summed E-state index contributed by atoms with van der Waals surface area (Å²) in [6, 6.07) is 9.74. The first-order chi connectivity index (χ1) is 8.56. The van der Waals surface area contributed by atoms with Gasteiger partial charge in [-0.15, -0.1) is 0 Å². The molecule has 100 valence electrons. The summed E-state index contributed by atoms with van der Waals surface area (Å²) in [5.74, 6) is 1.75. The fraction of sp³-hybridized carbons (Fsp3) is 0.625. The van der Waals surface area contributed by atoms with Gasteiger partial charge in [0.25, 0.3) is 0 Å². The van der Waals surface area contributed by atoms with Gasteiger partial charge in [0.1, 0.15) is 0 Å². The van der Waals surface area contributed by atoms with Gasteiger partial charge in [-0.2, -0.15) is 0 Å². The van der Waals surface area contributed by atoms with Crippen molar-refractivity contribution in [2.24, 2.45) is 11.8 Å². The van der Waals surface area contributed by atoms with Crippen molar-refractivity contribution >= 4 is 15.9 Å². The second-order valence-electron chi connectivity index (χ2n) is 5.91. The molecular weight excluding hydrogens is 286 g/mol. The molecule has 1 N–H and O–H groups in total. The molecule has 1 saturated carbocycles. The van der Waals surface area contributed by atoms with Crippen LogP contribution in [0.2, 0.25) is 0 Å². The van der Waals surface area contributed by atoms with Crippen LogP contribution in [-0.4, -0.2) is 6.04 Å². The van der Waals surface area contributed by atoms with E-state index < -0.39 is 0 Å². The van der Waals surface area contributed by atoms with Crippen LogP contribution in [0, 0.1) is 11.8 Å². The molecule has 1 fully saturated rings. The zero-order chi connectivity index (χ0) is 13.1. The summed E-state index contributed by atoms with van der Waals surface area (Å²) in [5.41, 5.74) is 1.37. The first kappa shape index (κ1) is 14.1. The van der Waals surface area contributed by atoms with Crippen molar-refractivity contribution < 1.29 is 0 Å². The SMILES string of the molecule is CC1CCC(N[C@H](C)c2cccc(Br)c2)CC1C. The van der Waals surface area contributed by atoms with Gasteiger partial charge in [0.05, 0.1) is 0 Å². The molecule has 18 heavy (non-hydrogen) atoms. The van der Waals surface area contributed by atoms with Crippen LogP contribution < -0.4 is 5.32 Å². The van der Waals surface area contributed by atoms with Gasteiger partial charge < -0.3 is 5.32 Å². The first-order valence-electron chi connectivity index (χ1n) is 7.07.